The van der Waals surface area contributed by atoms with Crippen molar-refractivity contribution in [3.05, 3.63) is 0 Å². The molecule has 0 bridgehead atoms. The molecule has 28 heavy (non-hydrogen) atoms. The average Bonchev–Trinajstić information content (AvgIpc) is 2.70. The second-order valence-corrected chi connectivity index (χ2v) is 6.73. The molecular weight excluding hydrogens is 384 g/mol. The zero-order valence-corrected chi connectivity index (χ0v) is 15.1. The number of aliphatic hydroxyl groups excluding tert-OH is 7. The first-order chi connectivity index (χ1) is 13.3. The molecule has 11 N–H and O–H groups in total. The summed E-state index contributed by atoms with van der Waals surface area (Å²) in [6, 6.07) is 0. The van der Waals surface area contributed by atoms with Crippen LogP contribution in [0.3, 0.4) is 0 Å². The van der Waals surface area contributed by atoms with Crippen LogP contribution in [0.15, 0.2) is 0 Å². The number of nitrogens with two attached hydrogens (primary N) is 2. The monoisotopic (exact) mass is 414 g/mol. The molecule has 2 heterocycles. The van der Waals surface area contributed by atoms with Crippen LogP contribution in [0.25, 0.3) is 0 Å². The van der Waals surface area contributed by atoms with Gasteiger partial charge in [0.1, 0.15) is 48.8 Å². The normalized spacial score (nSPS) is 44.8. The molecule has 2 saturated heterocycles. The van der Waals surface area contributed by atoms with E-state index in [9.17, 15) is 35.7 Å². The van der Waals surface area contributed by atoms with E-state index in [0.717, 1.165) is 0 Å². The van der Waals surface area contributed by atoms with E-state index >= 15 is 0 Å². The summed E-state index contributed by atoms with van der Waals surface area (Å²) >= 11 is 0. The van der Waals surface area contributed by atoms with Crippen molar-refractivity contribution in [2.75, 3.05) is 26.3 Å². The van der Waals surface area contributed by atoms with Gasteiger partial charge in [0.25, 0.3) is 0 Å². The molecule has 166 valence electrons. The van der Waals surface area contributed by atoms with E-state index in [2.05, 4.69) is 0 Å². The summed E-state index contributed by atoms with van der Waals surface area (Å²) in [4.78, 5) is 0. The lowest BCUT2D eigenvalue weighted by molar-refractivity contribution is -0.362. The van der Waals surface area contributed by atoms with Gasteiger partial charge >= 0.3 is 0 Å². The summed E-state index contributed by atoms with van der Waals surface area (Å²) in [7, 11) is 0. The highest BCUT2D eigenvalue weighted by atomic mass is 16.7. The molecule has 0 unspecified atom stereocenters. The van der Waals surface area contributed by atoms with Gasteiger partial charge in [-0.1, -0.05) is 0 Å². The fraction of sp³-hybridized carbons (Fsp3) is 1.00. The topological polar surface area (TPSA) is 231 Å². The van der Waals surface area contributed by atoms with Crippen LogP contribution in [0.2, 0.25) is 0 Å². The largest absolute Gasteiger partial charge is 0.394 e. The van der Waals surface area contributed by atoms with Crippen LogP contribution in [0, 0.1) is 0 Å². The maximum Gasteiger partial charge on any atom is 0.187 e. The van der Waals surface area contributed by atoms with Gasteiger partial charge in [-0.15, -0.1) is 0 Å². The smallest absolute Gasteiger partial charge is 0.187 e. The summed E-state index contributed by atoms with van der Waals surface area (Å²) in [6.45, 7) is -1.25. The fourth-order valence-electron chi connectivity index (χ4n) is 3.06. The molecule has 0 radical (unpaired) electrons. The molecule has 2 aliphatic heterocycles. The number of ether oxygens (including phenoxy) is 4. The Kier molecular flexibility index (Phi) is 8.90. The van der Waals surface area contributed by atoms with E-state index in [1.54, 1.807) is 0 Å². The second kappa shape index (κ2) is 10.5. The first kappa shape index (κ1) is 23.8. The molecular formula is C15H30N2O11. The zero-order valence-electron chi connectivity index (χ0n) is 15.1. The van der Waals surface area contributed by atoms with E-state index in [0.29, 0.717) is 0 Å². The first-order valence-electron chi connectivity index (χ1n) is 8.93. The van der Waals surface area contributed by atoms with Crippen LogP contribution in [0.5, 0.6) is 0 Å². The fourth-order valence-corrected chi connectivity index (χ4v) is 3.06. The van der Waals surface area contributed by atoms with Crippen LogP contribution < -0.4 is 11.5 Å². The Bertz CT molecular complexity index is 467. The van der Waals surface area contributed by atoms with Crippen molar-refractivity contribution in [2.45, 2.75) is 67.5 Å². The highest BCUT2D eigenvalue weighted by Crippen LogP contribution is 2.29. The summed E-state index contributed by atoms with van der Waals surface area (Å²) in [6.07, 6.45) is -15.7. The van der Waals surface area contributed by atoms with Gasteiger partial charge in [0.05, 0.1) is 19.3 Å². The van der Waals surface area contributed by atoms with Crippen molar-refractivity contribution < 1.29 is 54.7 Å². The molecule has 0 amide bonds. The van der Waals surface area contributed by atoms with Gasteiger partial charge in [-0.05, 0) is 0 Å². The van der Waals surface area contributed by atoms with Gasteiger partial charge in [-0.2, -0.15) is 0 Å². The van der Waals surface area contributed by atoms with Crippen molar-refractivity contribution in [1.82, 2.24) is 0 Å². The third kappa shape index (κ3) is 4.96. The third-order valence-electron chi connectivity index (χ3n) is 4.81. The molecule has 0 aromatic heterocycles. The second-order valence-electron chi connectivity index (χ2n) is 6.73. The molecule has 13 heteroatoms. The van der Waals surface area contributed by atoms with Gasteiger partial charge in [0.2, 0.25) is 0 Å². The van der Waals surface area contributed by atoms with Crippen molar-refractivity contribution in [1.29, 1.82) is 0 Å². The summed E-state index contributed by atoms with van der Waals surface area (Å²) < 4.78 is 21.5. The van der Waals surface area contributed by atoms with Gasteiger partial charge in [-0.25, -0.2) is 0 Å². The molecule has 0 aliphatic carbocycles. The molecule has 0 spiro atoms. The Labute approximate surface area is 161 Å². The maximum absolute atomic E-state index is 10.4. The van der Waals surface area contributed by atoms with Crippen LogP contribution in [0.4, 0.5) is 0 Å². The number of rotatable bonds is 8. The minimum atomic E-state index is -1.73. The minimum Gasteiger partial charge on any atom is -0.394 e. The molecule has 0 aromatic rings. The molecule has 2 aliphatic rings. The van der Waals surface area contributed by atoms with Crippen molar-refractivity contribution in [3.63, 3.8) is 0 Å². The van der Waals surface area contributed by atoms with Gasteiger partial charge in [-0.3, -0.25) is 0 Å². The Hall–Kier alpha value is -0.520. The first-order valence-corrected chi connectivity index (χ1v) is 8.93. The predicted octanol–water partition coefficient (Wildman–Crippen LogP) is -6.09. The highest BCUT2D eigenvalue weighted by molar-refractivity contribution is 4.94. The van der Waals surface area contributed by atoms with Crippen LogP contribution in [-0.4, -0.2) is 130 Å². The Morgan fingerprint density at radius 2 is 1.25 bits per heavy atom. The Morgan fingerprint density at radius 1 is 0.714 bits per heavy atom. The highest BCUT2D eigenvalue weighted by Gasteiger charge is 2.50. The van der Waals surface area contributed by atoms with Crippen molar-refractivity contribution in [3.8, 4) is 0 Å². The molecule has 0 saturated carbocycles. The van der Waals surface area contributed by atoms with Crippen molar-refractivity contribution in [2.24, 2.45) is 11.5 Å². The molecule has 2 rings (SSSR count). The lowest BCUT2D eigenvalue weighted by Gasteiger charge is -2.46. The number of aliphatic hydroxyl groups is 7. The van der Waals surface area contributed by atoms with Gasteiger partial charge in [0.15, 0.2) is 12.6 Å². The molecule has 0 aromatic carbocycles. The summed E-state index contributed by atoms with van der Waals surface area (Å²) in [5, 5.41) is 69.2. The SMILES string of the molecule is NCC(CN)O[C@@H]1O[C@H](CO)[C@@H](O[C@@H]2O[C@H](CO)[C@@H](O)[C@H](O)[C@H]2O)[C@H](O)[C@H]1O. The predicted molar refractivity (Wildman–Crippen MR) is 89.4 cm³/mol. The average molecular weight is 414 g/mol. The van der Waals surface area contributed by atoms with Crippen LogP contribution >= 0.6 is 0 Å². The van der Waals surface area contributed by atoms with E-state index in [1.165, 1.54) is 0 Å². The summed E-state index contributed by atoms with van der Waals surface area (Å²) in [5.74, 6) is 0. The minimum absolute atomic E-state index is 0.0355. The zero-order chi connectivity index (χ0) is 21.0. The molecule has 10 atom stereocenters. The quantitative estimate of drug-likeness (QED) is 0.180. The van der Waals surface area contributed by atoms with E-state index in [-0.39, 0.29) is 13.1 Å². The van der Waals surface area contributed by atoms with E-state index in [1.807, 2.05) is 0 Å². The van der Waals surface area contributed by atoms with Crippen LogP contribution in [0.1, 0.15) is 0 Å². The number of hydrogen-bond acceptors (Lipinski definition) is 13. The number of hydrogen-bond donors (Lipinski definition) is 9. The summed E-state index contributed by atoms with van der Waals surface area (Å²) in [5.41, 5.74) is 11.0. The third-order valence-corrected chi connectivity index (χ3v) is 4.81. The van der Waals surface area contributed by atoms with E-state index < -0.39 is 80.7 Å². The molecule has 2 fully saturated rings. The van der Waals surface area contributed by atoms with Crippen molar-refractivity contribution >= 4 is 0 Å². The Morgan fingerprint density at radius 3 is 1.79 bits per heavy atom. The standard InChI is InChI=1S/C15H30N2O11/c16-1-5(2-17)25-14-12(24)10(22)13(7(4-19)27-14)28-15-11(23)9(21)8(20)6(3-18)26-15/h5-15,18-24H,1-4,16-17H2/t6-,7-,8-,9+,10-,11-,12-,13-,14-,15+/m1/s1. The van der Waals surface area contributed by atoms with Gasteiger partial charge < -0.3 is 66.2 Å². The molecule has 13 nitrogen and oxygen atoms in total. The maximum atomic E-state index is 10.4. The lowest BCUT2D eigenvalue weighted by Crippen LogP contribution is -2.65. The van der Waals surface area contributed by atoms with Crippen LogP contribution in [-0.2, 0) is 18.9 Å². The Balaban J connectivity index is 2.10. The lowest BCUT2D eigenvalue weighted by atomic mass is 9.97. The van der Waals surface area contributed by atoms with Gasteiger partial charge in [0, 0.05) is 13.1 Å². The van der Waals surface area contributed by atoms with E-state index in [4.69, 9.17) is 30.4 Å².